The van der Waals surface area contributed by atoms with E-state index in [1.165, 1.54) is 7.11 Å². The van der Waals surface area contributed by atoms with Crippen molar-refractivity contribution in [3.05, 3.63) is 30.0 Å². The molecular weight excluding hydrogens is 235 g/mol. The first-order valence-electron chi connectivity index (χ1n) is 5.80. The van der Waals surface area contributed by atoms with E-state index in [9.17, 15) is 9.18 Å². The number of aryl methyl sites for hydroxylation is 1. The minimum atomic E-state index is -0.560. The maximum atomic E-state index is 13.9. The van der Waals surface area contributed by atoms with Crippen molar-refractivity contribution in [3.8, 4) is 0 Å². The van der Waals surface area contributed by atoms with Gasteiger partial charge >= 0.3 is 5.97 Å². The summed E-state index contributed by atoms with van der Waals surface area (Å²) in [6.45, 7) is 3.66. The number of nitrogens with zero attached hydrogens (tertiary/aromatic N) is 2. The molecule has 5 heteroatoms. The highest BCUT2D eigenvalue weighted by Crippen LogP contribution is 2.27. The Labute approximate surface area is 104 Å². The standard InChI is InChI=1S/C13H15FN2O2/c1-4-9-7-16(8(2)13(17)18-3)12-10(9)5-15-6-11(12)14/h5-8H,4H2,1-3H3. The fourth-order valence-electron chi connectivity index (χ4n) is 2.10. The summed E-state index contributed by atoms with van der Waals surface area (Å²) < 4.78 is 20.2. The molecule has 2 rings (SSSR count). The van der Waals surface area contributed by atoms with Crippen molar-refractivity contribution in [1.29, 1.82) is 0 Å². The zero-order chi connectivity index (χ0) is 13.3. The second-order valence-corrected chi connectivity index (χ2v) is 4.13. The Balaban J connectivity index is 2.67. The lowest BCUT2D eigenvalue weighted by Crippen LogP contribution is -2.17. The first-order valence-corrected chi connectivity index (χ1v) is 5.80. The van der Waals surface area contributed by atoms with E-state index in [1.807, 2.05) is 6.92 Å². The molecule has 0 saturated carbocycles. The molecule has 2 heterocycles. The van der Waals surface area contributed by atoms with Gasteiger partial charge in [-0.05, 0) is 18.9 Å². The number of rotatable bonds is 3. The van der Waals surface area contributed by atoms with Crippen LogP contribution in [0.3, 0.4) is 0 Å². The van der Waals surface area contributed by atoms with Gasteiger partial charge in [0, 0.05) is 17.8 Å². The summed E-state index contributed by atoms with van der Waals surface area (Å²) in [4.78, 5) is 15.4. The molecule has 4 nitrogen and oxygen atoms in total. The molecular formula is C13H15FN2O2. The summed E-state index contributed by atoms with van der Waals surface area (Å²) >= 11 is 0. The van der Waals surface area contributed by atoms with Crippen LogP contribution in [0.5, 0.6) is 0 Å². The van der Waals surface area contributed by atoms with Crippen molar-refractivity contribution in [2.45, 2.75) is 26.3 Å². The van der Waals surface area contributed by atoms with E-state index < -0.39 is 17.8 Å². The Bertz CT molecular complexity index is 592. The molecule has 1 atom stereocenters. The summed E-state index contributed by atoms with van der Waals surface area (Å²) in [6, 6.07) is -0.560. The summed E-state index contributed by atoms with van der Waals surface area (Å²) in [5.74, 6) is -0.825. The number of halogens is 1. The molecule has 0 aromatic carbocycles. The quantitative estimate of drug-likeness (QED) is 0.786. The van der Waals surface area contributed by atoms with Gasteiger partial charge < -0.3 is 9.30 Å². The maximum Gasteiger partial charge on any atom is 0.328 e. The van der Waals surface area contributed by atoms with Gasteiger partial charge in [0.25, 0.3) is 0 Å². The number of ether oxygens (including phenoxy) is 1. The zero-order valence-corrected chi connectivity index (χ0v) is 10.6. The van der Waals surface area contributed by atoms with Crippen LogP contribution in [0.2, 0.25) is 0 Å². The number of fused-ring (bicyclic) bond motifs is 1. The van der Waals surface area contributed by atoms with Crippen LogP contribution in [0.1, 0.15) is 25.5 Å². The maximum absolute atomic E-state index is 13.9. The topological polar surface area (TPSA) is 44.1 Å². The molecule has 0 fully saturated rings. The van der Waals surface area contributed by atoms with Crippen LogP contribution in [0.15, 0.2) is 18.6 Å². The first-order chi connectivity index (χ1) is 8.60. The number of carbonyl (C=O) groups excluding carboxylic acids is 1. The third-order valence-electron chi connectivity index (χ3n) is 3.11. The lowest BCUT2D eigenvalue weighted by atomic mass is 10.2. The van der Waals surface area contributed by atoms with E-state index in [-0.39, 0.29) is 0 Å². The van der Waals surface area contributed by atoms with Gasteiger partial charge in [-0.1, -0.05) is 6.92 Å². The lowest BCUT2D eigenvalue weighted by Gasteiger charge is -2.12. The summed E-state index contributed by atoms with van der Waals surface area (Å²) in [6.07, 6.45) is 5.32. The number of pyridine rings is 1. The Morgan fingerprint density at radius 3 is 2.89 bits per heavy atom. The third kappa shape index (κ3) is 1.85. The molecule has 0 bridgehead atoms. The molecule has 0 spiro atoms. The Morgan fingerprint density at radius 2 is 2.28 bits per heavy atom. The van der Waals surface area contributed by atoms with E-state index in [0.717, 1.165) is 23.6 Å². The largest absolute Gasteiger partial charge is 0.467 e. The van der Waals surface area contributed by atoms with Gasteiger partial charge in [-0.2, -0.15) is 0 Å². The number of hydrogen-bond donors (Lipinski definition) is 0. The fraction of sp³-hybridized carbons (Fsp3) is 0.385. The number of aromatic nitrogens is 2. The van der Waals surface area contributed by atoms with Crippen molar-refractivity contribution in [2.24, 2.45) is 0 Å². The number of hydrogen-bond acceptors (Lipinski definition) is 3. The van der Waals surface area contributed by atoms with E-state index in [2.05, 4.69) is 4.98 Å². The minimum Gasteiger partial charge on any atom is -0.467 e. The molecule has 1 unspecified atom stereocenters. The highest BCUT2D eigenvalue weighted by molar-refractivity contribution is 5.86. The third-order valence-corrected chi connectivity index (χ3v) is 3.11. The average Bonchev–Trinajstić information content (AvgIpc) is 2.77. The molecule has 0 N–H and O–H groups in total. The number of esters is 1. The van der Waals surface area contributed by atoms with Crippen molar-refractivity contribution in [3.63, 3.8) is 0 Å². The molecule has 0 aliphatic carbocycles. The smallest absolute Gasteiger partial charge is 0.328 e. The molecule has 18 heavy (non-hydrogen) atoms. The molecule has 0 saturated heterocycles. The van der Waals surface area contributed by atoms with Gasteiger partial charge in [-0.3, -0.25) is 4.98 Å². The molecule has 0 aliphatic heterocycles. The molecule has 0 radical (unpaired) electrons. The van der Waals surface area contributed by atoms with Crippen LogP contribution < -0.4 is 0 Å². The normalized spacial score (nSPS) is 12.7. The van der Waals surface area contributed by atoms with Crippen LogP contribution in [0, 0.1) is 5.82 Å². The number of methoxy groups -OCH3 is 1. The van der Waals surface area contributed by atoms with Crippen molar-refractivity contribution in [1.82, 2.24) is 9.55 Å². The SMILES string of the molecule is CCc1cn(C(C)C(=O)OC)c2c(F)cncc12. The van der Waals surface area contributed by atoms with E-state index in [1.54, 1.807) is 23.9 Å². The van der Waals surface area contributed by atoms with Crippen LogP contribution in [-0.2, 0) is 16.0 Å². The van der Waals surface area contributed by atoms with Gasteiger partial charge in [-0.15, -0.1) is 0 Å². The van der Waals surface area contributed by atoms with Crippen LogP contribution in [0.25, 0.3) is 10.9 Å². The zero-order valence-electron chi connectivity index (χ0n) is 10.6. The highest BCUT2D eigenvalue weighted by atomic mass is 19.1. The van der Waals surface area contributed by atoms with Gasteiger partial charge in [-0.25, -0.2) is 9.18 Å². The predicted molar refractivity (Wildman–Crippen MR) is 65.8 cm³/mol. The van der Waals surface area contributed by atoms with Gasteiger partial charge in [0.15, 0.2) is 5.82 Å². The second kappa shape index (κ2) is 4.76. The molecule has 0 aliphatic rings. The first kappa shape index (κ1) is 12.5. The average molecular weight is 250 g/mol. The second-order valence-electron chi connectivity index (χ2n) is 4.13. The van der Waals surface area contributed by atoms with E-state index in [4.69, 9.17) is 4.74 Å². The summed E-state index contributed by atoms with van der Waals surface area (Å²) in [7, 11) is 1.32. The minimum absolute atomic E-state index is 0.397. The monoisotopic (exact) mass is 250 g/mol. The van der Waals surface area contributed by atoms with E-state index >= 15 is 0 Å². The summed E-state index contributed by atoms with van der Waals surface area (Å²) in [5, 5.41) is 0.744. The Kier molecular flexibility index (Phi) is 3.32. The van der Waals surface area contributed by atoms with Gasteiger partial charge in [0.2, 0.25) is 0 Å². The van der Waals surface area contributed by atoms with Crippen molar-refractivity contribution >= 4 is 16.9 Å². The van der Waals surface area contributed by atoms with Crippen LogP contribution in [0.4, 0.5) is 4.39 Å². The predicted octanol–water partition coefficient (Wildman–Crippen LogP) is 2.47. The molecule has 2 aromatic heterocycles. The Hall–Kier alpha value is -1.91. The van der Waals surface area contributed by atoms with Crippen molar-refractivity contribution in [2.75, 3.05) is 7.11 Å². The Morgan fingerprint density at radius 1 is 1.56 bits per heavy atom. The van der Waals surface area contributed by atoms with Crippen LogP contribution in [-0.4, -0.2) is 22.6 Å². The van der Waals surface area contributed by atoms with Crippen molar-refractivity contribution < 1.29 is 13.9 Å². The fourth-order valence-corrected chi connectivity index (χ4v) is 2.10. The summed E-state index contributed by atoms with van der Waals surface area (Å²) in [5.41, 5.74) is 1.37. The van der Waals surface area contributed by atoms with Crippen LogP contribution >= 0.6 is 0 Å². The molecule has 0 amide bonds. The highest BCUT2D eigenvalue weighted by Gasteiger charge is 2.21. The number of carbonyl (C=O) groups is 1. The molecule has 2 aromatic rings. The lowest BCUT2D eigenvalue weighted by molar-refractivity contribution is -0.143. The van der Waals surface area contributed by atoms with Gasteiger partial charge in [0.05, 0.1) is 18.8 Å². The van der Waals surface area contributed by atoms with Gasteiger partial charge in [0.1, 0.15) is 6.04 Å². The van der Waals surface area contributed by atoms with E-state index in [0.29, 0.717) is 5.52 Å². The molecule has 96 valence electrons.